The van der Waals surface area contributed by atoms with Crippen LogP contribution in [0.1, 0.15) is 23.3 Å². The van der Waals surface area contributed by atoms with Gasteiger partial charge in [0.05, 0.1) is 23.3 Å². The summed E-state index contributed by atoms with van der Waals surface area (Å²) in [4.78, 5) is 0. The Kier molecular flexibility index (Phi) is 3.18. The molecule has 0 fully saturated rings. The first-order chi connectivity index (χ1) is 29.4. The van der Waals surface area contributed by atoms with E-state index in [-0.39, 0.29) is 32.7 Å². The van der Waals surface area contributed by atoms with Crippen molar-refractivity contribution in [1.29, 1.82) is 0 Å². The highest BCUT2D eigenvalue weighted by Crippen LogP contribution is 2.48. The fourth-order valence-electron chi connectivity index (χ4n) is 5.99. The van der Waals surface area contributed by atoms with Crippen LogP contribution in [0, 0.1) is 0 Å². The summed E-state index contributed by atoms with van der Waals surface area (Å²) in [7, 11) is 0. The van der Waals surface area contributed by atoms with Gasteiger partial charge in [0.15, 0.2) is 0 Å². The molecule has 0 atom stereocenters. The second-order valence-electron chi connectivity index (χ2n) is 10.3. The summed E-state index contributed by atoms with van der Waals surface area (Å²) in [6.45, 7) is 0. The van der Waals surface area contributed by atoms with E-state index < -0.39 is 125 Å². The largest absolute Gasteiger partial charge is 0.455 e. The minimum atomic E-state index is -0.882. The van der Waals surface area contributed by atoms with E-state index in [1.807, 2.05) is 30.3 Å². The quantitative estimate of drug-likeness (QED) is 0.186. The number of furan rings is 1. The molecule has 0 aliphatic carbocycles. The molecule has 0 amide bonds. The summed E-state index contributed by atoms with van der Waals surface area (Å²) >= 11 is 0. The lowest BCUT2D eigenvalue weighted by Crippen LogP contribution is -1.92. The van der Waals surface area contributed by atoms with Gasteiger partial charge in [-0.1, -0.05) is 151 Å². The SMILES string of the molecule is [2H]c1c([2H])c([2H])c(-c2c([2H])c([2H])c([2H])c(-c3c4c([2H])c([2H])c([2H])c([2H])c4c(-c4ccc(-c5ccccc5)c5oc6ccccc6c45)c4c([2H])c([2H])c([2H])c([2H])c34)c2[2H])c([2H])c1[2H]. The predicted octanol–water partition coefficient (Wildman–Crippen LogP) is 12.6. The number of hydrogen-bond acceptors (Lipinski definition) is 1. The van der Waals surface area contributed by atoms with Crippen molar-refractivity contribution in [3.8, 4) is 44.5 Å². The van der Waals surface area contributed by atoms with E-state index in [4.69, 9.17) is 19.5 Å². The smallest absolute Gasteiger partial charge is 0.143 e. The highest BCUT2D eigenvalue weighted by molar-refractivity contribution is 6.26. The lowest BCUT2D eigenvalue weighted by molar-refractivity contribution is 0.670. The third-order valence-electron chi connectivity index (χ3n) is 7.88. The first-order valence-electron chi connectivity index (χ1n) is 22.6. The van der Waals surface area contributed by atoms with Crippen molar-refractivity contribution in [2.75, 3.05) is 0 Å². The molecule has 1 aromatic heterocycles. The van der Waals surface area contributed by atoms with Crippen LogP contribution in [0.25, 0.3) is 88.0 Å². The second-order valence-corrected chi connectivity index (χ2v) is 10.3. The Morgan fingerprint density at radius 3 is 1.71 bits per heavy atom. The second kappa shape index (κ2) is 10.4. The average Bonchev–Trinajstić information content (AvgIpc) is 3.67. The third kappa shape index (κ3) is 4.09. The predicted molar refractivity (Wildman–Crippen MR) is 190 cm³/mol. The molecule has 9 aromatic rings. The molecule has 0 radical (unpaired) electrons. The Balaban J connectivity index is 1.59. The summed E-state index contributed by atoms with van der Waals surface area (Å²) in [6, 6.07) is 6.79. The standard InChI is InChI=1S/C44H28O/c1-3-14-29(15-4-1)31-18-13-19-32(28-31)41-34-20-7-9-22-36(34)42(37-23-10-8-21-35(37)41)39-27-26-33(30-16-5-2-6-17-30)44-43(39)38-24-11-12-25-40(38)45-44/h1-28H/i1D,3D,4D,7D,8D,9D,10D,13D,14D,15D,18D,19D,20D,21D,22D,23D,28D. The van der Waals surface area contributed by atoms with E-state index >= 15 is 0 Å². The highest BCUT2D eigenvalue weighted by Gasteiger charge is 2.22. The maximum Gasteiger partial charge on any atom is 0.143 e. The fourth-order valence-corrected chi connectivity index (χ4v) is 5.99. The molecular formula is C44H28O. The van der Waals surface area contributed by atoms with Gasteiger partial charge >= 0.3 is 0 Å². The maximum absolute atomic E-state index is 9.62. The summed E-state index contributed by atoms with van der Waals surface area (Å²) in [5, 5.41) is -0.253. The topological polar surface area (TPSA) is 13.1 Å². The zero-order valence-electron chi connectivity index (χ0n) is 40.3. The van der Waals surface area contributed by atoms with Crippen molar-refractivity contribution in [2.45, 2.75) is 0 Å². The lowest BCUT2D eigenvalue weighted by Gasteiger charge is -2.19. The van der Waals surface area contributed by atoms with Crippen LogP contribution in [0.5, 0.6) is 0 Å². The van der Waals surface area contributed by atoms with Crippen molar-refractivity contribution in [3.05, 3.63) is 169 Å². The summed E-state index contributed by atoms with van der Waals surface area (Å²) < 4.78 is 159. The normalized spacial score (nSPS) is 16.8. The average molecular weight is 590 g/mol. The van der Waals surface area contributed by atoms with Crippen LogP contribution in [-0.2, 0) is 0 Å². The lowest BCUT2D eigenvalue weighted by atomic mass is 9.84. The minimum Gasteiger partial charge on any atom is -0.455 e. The van der Waals surface area contributed by atoms with Crippen LogP contribution >= 0.6 is 0 Å². The van der Waals surface area contributed by atoms with Crippen LogP contribution in [0.3, 0.4) is 0 Å². The number of rotatable bonds is 4. The molecular weight excluding hydrogens is 544 g/mol. The Bertz CT molecular complexity index is 3380. The third-order valence-corrected chi connectivity index (χ3v) is 7.88. The number of para-hydroxylation sites is 1. The van der Waals surface area contributed by atoms with Crippen LogP contribution in [-0.4, -0.2) is 0 Å². The number of benzene rings is 8. The van der Waals surface area contributed by atoms with E-state index in [1.165, 1.54) is 0 Å². The summed E-state index contributed by atoms with van der Waals surface area (Å²) in [5.41, 5.74) is 0.103. The van der Waals surface area contributed by atoms with E-state index in [2.05, 4.69) is 0 Å². The Morgan fingerprint density at radius 1 is 0.400 bits per heavy atom. The zero-order chi connectivity index (χ0) is 44.5. The van der Waals surface area contributed by atoms with Crippen molar-refractivity contribution < 1.29 is 27.7 Å². The van der Waals surface area contributed by atoms with Gasteiger partial charge in [0.25, 0.3) is 0 Å². The molecule has 8 aromatic carbocycles. The van der Waals surface area contributed by atoms with Gasteiger partial charge in [-0.05, 0) is 78.7 Å². The molecule has 0 saturated carbocycles. The van der Waals surface area contributed by atoms with E-state index in [0.717, 1.165) is 5.56 Å². The Labute approximate surface area is 285 Å². The van der Waals surface area contributed by atoms with Gasteiger partial charge in [0.2, 0.25) is 0 Å². The molecule has 0 saturated heterocycles. The van der Waals surface area contributed by atoms with Gasteiger partial charge in [-0.2, -0.15) is 0 Å². The van der Waals surface area contributed by atoms with Crippen LogP contribution in [0.4, 0.5) is 0 Å². The van der Waals surface area contributed by atoms with Gasteiger partial charge in [0, 0.05) is 16.3 Å². The van der Waals surface area contributed by atoms with Crippen molar-refractivity contribution in [1.82, 2.24) is 0 Å². The molecule has 0 spiro atoms. The monoisotopic (exact) mass is 589 g/mol. The molecule has 45 heavy (non-hydrogen) atoms. The van der Waals surface area contributed by atoms with Gasteiger partial charge < -0.3 is 4.42 Å². The molecule has 210 valence electrons. The number of fused-ring (bicyclic) bond motifs is 5. The molecule has 1 heterocycles. The molecule has 0 bridgehead atoms. The van der Waals surface area contributed by atoms with Gasteiger partial charge in [-0.15, -0.1) is 0 Å². The van der Waals surface area contributed by atoms with Crippen LogP contribution in [0.2, 0.25) is 0 Å². The molecule has 0 N–H and O–H groups in total. The van der Waals surface area contributed by atoms with Gasteiger partial charge in [-0.25, -0.2) is 0 Å². The fraction of sp³-hybridized carbons (Fsp3) is 0. The van der Waals surface area contributed by atoms with Crippen LogP contribution in [0.15, 0.2) is 174 Å². The van der Waals surface area contributed by atoms with Crippen molar-refractivity contribution in [2.24, 2.45) is 0 Å². The van der Waals surface area contributed by atoms with Crippen molar-refractivity contribution >= 4 is 43.5 Å². The van der Waals surface area contributed by atoms with Gasteiger partial charge in [0.1, 0.15) is 11.2 Å². The van der Waals surface area contributed by atoms with E-state index in [0.29, 0.717) is 27.5 Å². The Morgan fingerprint density at radius 2 is 0.978 bits per heavy atom. The van der Waals surface area contributed by atoms with Crippen molar-refractivity contribution in [3.63, 3.8) is 0 Å². The highest BCUT2D eigenvalue weighted by atomic mass is 16.3. The van der Waals surface area contributed by atoms with E-state index in [1.54, 1.807) is 36.4 Å². The first kappa shape index (κ1) is 13.8. The molecule has 0 aliphatic heterocycles. The summed E-state index contributed by atoms with van der Waals surface area (Å²) in [6.07, 6.45) is 0. The maximum atomic E-state index is 9.62. The van der Waals surface area contributed by atoms with Gasteiger partial charge in [-0.3, -0.25) is 0 Å². The Hall–Kier alpha value is -5.92. The number of hydrogen-bond donors (Lipinski definition) is 0. The molecule has 9 rings (SSSR count). The molecule has 0 aliphatic rings. The van der Waals surface area contributed by atoms with Crippen LogP contribution < -0.4 is 0 Å². The molecule has 0 unspecified atom stereocenters. The van der Waals surface area contributed by atoms with E-state index in [9.17, 15) is 8.22 Å². The first-order valence-corrected chi connectivity index (χ1v) is 14.1. The zero-order valence-corrected chi connectivity index (χ0v) is 23.3. The molecule has 1 nitrogen and oxygen atoms in total. The molecule has 1 heteroatoms. The summed E-state index contributed by atoms with van der Waals surface area (Å²) in [5.74, 6) is 0. The minimum absolute atomic E-state index is 0.0407.